The number of halogens is 6. The molecule has 0 aliphatic heterocycles. The third-order valence-electron chi connectivity index (χ3n) is 1.73. The zero-order valence-corrected chi connectivity index (χ0v) is 9.14. The molecule has 0 saturated carbocycles. The Morgan fingerprint density at radius 3 is 1.94 bits per heavy atom. The third kappa shape index (κ3) is 4.02. The molecule has 0 aromatic heterocycles. The van der Waals surface area contributed by atoms with Gasteiger partial charge in [0.2, 0.25) is 0 Å². The number of hydrogen-bond donors (Lipinski definition) is 1. The Morgan fingerprint density at radius 1 is 1.11 bits per heavy atom. The van der Waals surface area contributed by atoms with Gasteiger partial charge in [0.1, 0.15) is 5.75 Å². The predicted octanol–water partition coefficient (Wildman–Crippen LogP) is 3.60. The van der Waals surface area contributed by atoms with E-state index in [2.05, 4.69) is 21.5 Å². The van der Waals surface area contributed by atoms with Crippen LogP contribution < -0.4 is 4.74 Å². The number of hydrogen-bond acceptors (Lipinski definition) is 3. The van der Waals surface area contributed by atoms with Crippen molar-refractivity contribution in [2.45, 2.75) is 11.7 Å². The van der Waals surface area contributed by atoms with E-state index in [-0.39, 0.29) is 5.56 Å². The highest BCUT2D eigenvalue weighted by Crippen LogP contribution is 2.27. The molecule has 1 aromatic carbocycles. The summed E-state index contributed by atoms with van der Waals surface area (Å²) in [4.78, 5) is 0. The molecule has 0 atom stereocenters. The topological polar surface area (TPSA) is 41.8 Å². The molecule has 0 heterocycles. The van der Waals surface area contributed by atoms with Crippen LogP contribution in [-0.2, 0) is 0 Å². The van der Waals surface area contributed by atoms with Crippen molar-refractivity contribution in [3.05, 3.63) is 29.8 Å². The normalized spacial score (nSPS) is 13.6. The van der Waals surface area contributed by atoms with Gasteiger partial charge >= 0.3 is 11.7 Å². The molecular formula is C9H5ClF5NO2. The molecule has 0 saturated heterocycles. The van der Waals surface area contributed by atoms with Crippen molar-refractivity contribution < 1.29 is 31.9 Å². The van der Waals surface area contributed by atoms with Gasteiger partial charge in [-0.05, 0) is 35.9 Å². The van der Waals surface area contributed by atoms with Crippen molar-refractivity contribution >= 4 is 17.3 Å². The van der Waals surface area contributed by atoms with Crippen LogP contribution in [0.4, 0.5) is 22.0 Å². The minimum absolute atomic E-state index is 0.341. The van der Waals surface area contributed by atoms with E-state index >= 15 is 0 Å². The van der Waals surface area contributed by atoms with Crippen LogP contribution in [0.25, 0.3) is 0 Å². The van der Waals surface area contributed by atoms with Crippen LogP contribution in [0.2, 0.25) is 0 Å². The van der Waals surface area contributed by atoms with E-state index in [0.29, 0.717) is 0 Å². The highest BCUT2D eigenvalue weighted by Gasteiger charge is 2.35. The second-order valence-corrected chi connectivity index (χ2v) is 3.49. The summed E-state index contributed by atoms with van der Waals surface area (Å²) in [5.41, 5.74) is -1.52. The lowest BCUT2D eigenvalue weighted by atomic mass is 10.1. The van der Waals surface area contributed by atoms with Crippen molar-refractivity contribution in [1.82, 2.24) is 0 Å². The zero-order chi connectivity index (χ0) is 14.0. The summed E-state index contributed by atoms with van der Waals surface area (Å²) < 4.78 is 64.4. The molecule has 1 aromatic rings. The van der Waals surface area contributed by atoms with Crippen LogP contribution >= 0.6 is 11.6 Å². The van der Waals surface area contributed by atoms with E-state index in [1.165, 1.54) is 0 Å². The van der Waals surface area contributed by atoms with E-state index in [1.807, 2.05) is 0 Å². The number of nitrogens with zero attached hydrogens (tertiary/aromatic N) is 1. The molecule has 0 bridgehead atoms. The van der Waals surface area contributed by atoms with Gasteiger partial charge in [0.25, 0.3) is 0 Å². The molecule has 0 amide bonds. The first-order valence-corrected chi connectivity index (χ1v) is 4.67. The molecule has 1 N–H and O–H groups in total. The highest BCUT2D eigenvalue weighted by molar-refractivity contribution is 6.36. The number of oxime groups is 1. The fourth-order valence-electron chi connectivity index (χ4n) is 1.09. The van der Waals surface area contributed by atoms with E-state index < -0.39 is 23.2 Å². The van der Waals surface area contributed by atoms with E-state index in [9.17, 15) is 22.0 Å². The molecule has 0 aliphatic carbocycles. The Kier molecular flexibility index (Phi) is 4.00. The van der Waals surface area contributed by atoms with E-state index in [4.69, 9.17) is 5.21 Å². The third-order valence-corrected chi connectivity index (χ3v) is 1.91. The fourth-order valence-corrected chi connectivity index (χ4v) is 1.24. The molecule has 0 radical (unpaired) electrons. The lowest BCUT2D eigenvalue weighted by Crippen LogP contribution is -2.23. The zero-order valence-electron chi connectivity index (χ0n) is 8.38. The number of alkyl halides is 6. The predicted molar refractivity (Wildman–Crippen MR) is 52.2 cm³/mol. The minimum atomic E-state index is -4.88. The van der Waals surface area contributed by atoms with Crippen LogP contribution in [0.1, 0.15) is 5.56 Å². The average Bonchev–Trinajstić information content (AvgIpc) is 2.17. The molecule has 0 fully saturated rings. The van der Waals surface area contributed by atoms with Gasteiger partial charge in [0.15, 0.2) is 5.71 Å². The molecule has 9 heteroatoms. The van der Waals surface area contributed by atoms with Gasteiger partial charge in [-0.15, -0.1) is 13.2 Å². The molecule has 1 rings (SSSR count). The lowest BCUT2D eigenvalue weighted by Gasteiger charge is -2.12. The minimum Gasteiger partial charge on any atom is -0.410 e. The maximum atomic E-state index is 12.7. The Hall–Kier alpha value is -1.57. The van der Waals surface area contributed by atoms with Crippen LogP contribution in [0.15, 0.2) is 29.4 Å². The fraction of sp³-hybridized carbons (Fsp3) is 0.222. The van der Waals surface area contributed by atoms with Gasteiger partial charge in [-0.3, -0.25) is 0 Å². The van der Waals surface area contributed by atoms with Crippen LogP contribution in [0, 0.1) is 0 Å². The summed E-state index contributed by atoms with van der Waals surface area (Å²) in [5, 5.41) is 6.75. The Bertz CT molecular complexity index is 438. The largest absolute Gasteiger partial charge is 0.573 e. The lowest BCUT2D eigenvalue weighted by molar-refractivity contribution is -0.274. The van der Waals surface area contributed by atoms with Crippen molar-refractivity contribution in [2.75, 3.05) is 0 Å². The van der Waals surface area contributed by atoms with Gasteiger partial charge in [-0.2, -0.15) is 8.78 Å². The molecule has 3 nitrogen and oxygen atoms in total. The van der Waals surface area contributed by atoms with Crippen LogP contribution in [-0.4, -0.2) is 22.7 Å². The molecule has 0 spiro atoms. The highest BCUT2D eigenvalue weighted by atomic mass is 35.5. The van der Waals surface area contributed by atoms with E-state index in [0.717, 1.165) is 24.3 Å². The number of rotatable bonds is 3. The summed E-state index contributed by atoms with van der Waals surface area (Å²) in [5.74, 6) is -0.596. The van der Waals surface area contributed by atoms with Gasteiger partial charge in [0, 0.05) is 5.56 Å². The second kappa shape index (κ2) is 4.97. The summed E-state index contributed by atoms with van der Waals surface area (Å²) >= 11 is 4.64. The number of benzene rings is 1. The quantitative estimate of drug-likeness (QED) is 0.304. The Balaban J connectivity index is 2.96. The maximum Gasteiger partial charge on any atom is 0.573 e. The maximum absolute atomic E-state index is 12.7. The van der Waals surface area contributed by atoms with Crippen LogP contribution in [0.3, 0.4) is 0 Å². The average molecular weight is 290 g/mol. The molecule has 0 aliphatic rings. The smallest absolute Gasteiger partial charge is 0.410 e. The summed E-state index contributed by atoms with van der Waals surface area (Å²) in [6.45, 7) is 0. The second-order valence-electron chi connectivity index (χ2n) is 3.02. The summed E-state index contributed by atoms with van der Waals surface area (Å²) in [6, 6.07) is 3.28. The summed E-state index contributed by atoms with van der Waals surface area (Å²) in [6.07, 6.45) is -4.88. The number of ether oxygens (including phenoxy) is 1. The van der Waals surface area contributed by atoms with Crippen molar-refractivity contribution in [2.24, 2.45) is 5.16 Å². The molecule has 18 heavy (non-hydrogen) atoms. The standard InChI is InChI=1S/C9H5ClF5NO2/c10-8(11,12)7(16-17)5-1-3-6(4-2-5)18-9(13,14)15/h1-4,17H. The van der Waals surface area contributed by atoms with Gasteiger partial charge < -0.3 is 9.94 Å². The Morgan fingerprint density at radius 2 is 1.61 bits per heavy atom. The Labute approximate surface area is 102 Å². The first kappa shape index (κ1) is 14.5. The van der Waals surface area contributed by atoms with Gasteiger partial charge in [-0.1, -0.05) is 5.16 Å². The van der Waals surface area contributed by atoms with Crippen molar-refractivity contribution in [1.29, 1.82) is 0 Å². The van der Waals surface area contributed by atoms with Gasteiger partial charge in [-0.25, -0.2) is 0 Å². The molecule has 0 unspecified atom stereocenters. The molecule has 100 valence electrons. The first-order chi connectivity index (χ1) is 8.13. The molecular weight excluding hydrogens is 285 g/mol. The monoisotopic (exact) mass is 289 g/mol. The van der Waals surface area contributed by atoms with Crippen molar-refractivity contribution in [3.63, 3.8) is 0 Å². The van der Waals surface area contributed by atoms with E-state index in [1.54, 1.807) is 0 Å². The van der Waals surface area contributed by atoms with Crippen molar-refractivity contribution in [3.8, 4) is 5.75 Å². The SMILES string of the molecule is ON=C(c1ccc(OC(F)(F)F)cc1)C(F)(F)Cl. The van der Waals surface area contributed by atoms with Gasteiger partial charge in [0.05, 0.1) is 0 Å². The summed E-state index contributed by atoms with van der Waals surface area (Å²) in [7, 11) is 0. The first-order valence-electron chi connectivity index (χ1n) is 4.29. The van der Waals surface area contributed by atoms with Crippen LogP contribution in [0.5, 0.6) is 5.75 Å².